The normalized spacial score (nSPS) is 14.1. The molecule has 2 N–H and O–H groups in total. The van der Waals surface area contributed by atoms with E-state index in [-0.39, 0.29) is 17.2 Å². The predicted octanol–water partition coefficient (Wildman–Crippen LogP) is 9.76. The number of hydrogen-bond acceptors (Lipinski definition) is 6. The number of aromatic nitrogens is 1. The summed E-state index contributed by atoms with van der Waals surface area (Å²) in [5, 5.41) is 13.6. The second kappa shape index (κ2) is 14.6. The first-order chi connectivity index (χ1) is 24.8. The first kappa shape index (κ1) is 33.7. The van der Waals surface area contributed by atoms with Gasteiger partial charge in [-0.1, -0.05) is 120 Å². The lowest BCUT2D eigenvalue weighted by atomic mass is 10.0. The number of pyridine rings is 1. The van der Waals surface area contributed by atoms with E-state index in [1.54, 1.807) is 84.9 Å². The molecule has 51 heavy (non-hydrogen) atoms. The number of aliphatic imine (C=N–C) groups is 1. The molecule has 0 aliphatic carbocycles. The second-order valence-corrected chi connectivity index (χ2v) is 13.3. The van der Waals surface area contributed by atoms with Crippen molar-refractivity contribution in [2.45, 2.75) is 5.25 Å². The number of carboxylic acids is 1. The minimum atomic E-state index is -1.04. The van der Waals surface area contributed by atoms with Crippen LogP contribution in [0.3, 0.4) is 0 Å². The standard InChI is InChI=1S/C40H26Cl2N4O4S/c41-31-15-9-16-32(42)30(31)23-35-38(48)46(27-12-5-2-6-13-27)40(45-35)51-36(25-10-3-1-4-11-25)37(47)43-26-20-18-24(19-21-26)34-22-29(39(49)50)28-14-7-8-17-33(28)44-34/h1-23,36H,(H,43,47)(H,49,50)/b35-23-. The number of benzene rings is 5. The Hall–Kier alpha value is -5.74. The molecule has 1 aliphatic rings. The average Bonchev–Trinajstić information content (AvgIpc) is 3.46. The highest BCUT2D eigenvalue weighted by Crippen LogP contribution is 2.39. The summed E-state index contributed by atoms with van der Waals surface area (Å²) in [5.41, 5.74) is 4.28. The van der Waals surface area contributed by atoms with E-state index < -0.39 is 17.1 Å². The number of anilines is 2. The van der Waals surface area contributed by atoms with Gasteiger partial charge < -0.3 is 10.4 Å². The number of rotatable bonds is 8. The lowest BCUT2D eigenvalue weighted by Gasteiger charge is -2.22. The molecule has 2 heterocycles. The van der Waals surface area contributed by atoms with Gasteiger partial charge in [0.2, 0.25) is 5.91 Å². The van der Waals surface area contributed by atoms with E-state index in [2.05, 4.69) is 10.3 Å². The van der Waals surface area contributed by atoms with Gasteiger partial charge in [-0.05, 0) is 60.2 Å². The number of hydrogen-bond donors (Lipinski definition) is 2. The Morgan fingerprint density at radius 2 is 1.45 bits per heavy atom. The van der Waals surface area contributed by atoms with E-state index in [4.69, 9.17) is 28.2 Å². The Morgan fingerprint density at radius 3 is 2.14 bits per heavy atom. The Labute approximate surface area is 307 Å². The number of nitrogens with zero attached hydrogens (tertiary/aromatic N) is 3. The van der Waals surface area contributed by atoms with Crippen LogP contribution in [0.15, 0.2) is 144 Å². The molecule has 1 unspecified atom stereocenters. The molecule has 5 aromatic carbocycles. The summed E-state index contributed by atoms with van der Waals surface area (Å²) in [6, 6.07) is 39.0. The smallest absolute Gasteiger partial charge is 0.336 e. The number of carbonyl (C=O) groups is 3. The maximum absolute atomic E-state index is 14.1. The first-order valence-corrected chi connectivity index (χ1v) is 17.3. The van der Waals surface area contributed by atoms with Crippen molar-refractivity contribution >= 4 is 86.3 Å². The maximum Gasteiger partial charge on any atom is 0.336 e. The molecule has 8 nitrogen and oxygen atoms in total. The molecule has 0 bridgehead atoms. The topological polar surface area (TPSA) is 112 Å². The lowest BCUT2D eigenvalue weighted by molar-refractivity contribution is -0.116. The number of aromatic carboxylic acids is 1. The molecule has 0 saturated heterocycles. The van der Waals surface area contributed by atoms with Crippen LogP contribution in [0.2, 0.25) is 10.0 Å². The van der Waals surface area contributed by atoms with Crippen LogP contribution in [0.5, 0.6) is 0 Å². The van der Waals surface area contributed by atoms with Crippen LogP contribution >= 0.6 is 35.0 Å². The van der Waals surface area contributed by atoms with E-state index in [1.165, 1.54) is 4.90 Å². The van der Waals surface area contributed by atoms with Gasteiger partial charge in [0.15, 0.2) is 5.17 Å². The monoisotopic (exact) mass is 728 g/mol. The first-order valence-electron chi connectivity index (χ1n) is 15.7. The van der Waals surface area contributed by atoms with Gasteiger partial charge in [-0.3, -0.25) is 14.5 Å². The second-order valence-electron chi connectivity index (χ2n) is 11.4. The number of para-hydroxylation sites is 2. The third-order valence-electron chi connectivity index (χ3n) is 8.08. The maximum atomic E-state index is 14.1. The highest BCUT2D eigenvalue weighted by Gasteiger charge is 2.36. The van der Waals surface area contributed by atoms with Gasteiger partial charge in [-0.2, -0.15) is 0 Å². The molecule has 0 fully saturated rings. The van der Waals surface area contributed by atoms with E-state index in [9.17, 15) is 19.5 Å². The van der Waals surface area contributed by atoms with Crippen LogP contribution in [0, 0.1) is 0 Å². The van der Waals surface area contributed by atoms with Gasteiger partial charge in [-0.25, -0.2) is 14.8 Å². The van der Waals surface area contributed by atoms with Crippen LogP contribution in [-0.2, 0) is 9.59 Å². The van der Waals surface area contributed by atoms with Crippen LogP contribution in [-0.4, -0.2) is 33.0 Å². The molecular formula is C40H26Cl2N4O4S. The Bertz CT molecular complexity index is 2350. The molecule has 2 amide bonds. The molecule has 6 aromatic rings. The number of carboxylic acid groups (broad SMARTS) is 1. The highest BCUT2D eigenvalue weighted by atomic mass is 35.5. The minimum Gasteiger partial charge on any atom is -0.478 e. The summed E-state index contributed by atoms with van der Waals surface area (Å²) in [6.07, 6.45) is 1.56. The van der Waals surface area contributed by atoms with Crippen molar-refractivity contribution in [1.29, 1.82) is 0 Å². The van der Waals surface area contributed by atoms with Gasteiger partial charge in [-0.15, -0.1) is 0 Å². The molecule has 0 spiro atoms. The predicted molar refractivity (Wildman–Crippen MR) is 205 cm³/mol. The van der Waals surface area contributed by atoms with Crippen molar-refractivity contribution in [3.63, 3.8) is 0 Å². The van der Waals surface area contributed by atoms with Gasteiger partial charge in [0, 0.05) is 32.2 Å². The lowest BCUT2D eigenvalue weighted by Crippen LogP contribution is -2.32. The zero-order valence-corrected chi connectivity index (χ0v) is 28.9. The third-order valence-corrected chi connectivity index (χ3v) is 9.95. The number of nitrogens with one attached hydrogen (secondary N) is 1. The zero-order chi connectivity index (χ0) is 35.5. The van der Waals surface area contributed by atoms with E-state index in [1.807, 2.05) is 54.6 Å². The zero-order valence-electron chi connectivity index (χ0n) is 26.5. The fourth-order valence-electron chi connectivity index (χ4n) is 5.60. The summed E-state index contributed by atoms with van der Waals surface area (Å²) >= 11 is 14.0. The minimum absolute atomic E-state index is 0.118. The molecule has 11 heteroatoms. The van der Waals surface area contributed by atoms with Crippen LogP contribution in [0.25, 0.3) is 28.2 Å². The average molecular weight is 730 g/mol. The van der Waals surface area contributed by atoms with E-state index >= 15 is 0 Å². The SMILES string of the molecule is O=C(O)c1cc(-c2ccc(NC(=O)C(SC3=N/C(=C\c4c(Cl)cccc4Cl)C(=O)N3c3ccccc3)c3ccccc3)cc2)nc2ccccc12. The number of carbonyl (C=O) groups excluding carboxylic acids is 2. The summed E-state index contributed by atoms with van der Waals surface area (Å²) in [7, 11) is 0. The number of fused-ring (bicyclic) bond motifs is 1. The van der Waals surface area contributed by atoms with Gasteiger partial charge in [0.1, 0.15) is 10.9 Å². The quantitative estimate of drug-likeness (QED) is 0.151. The van der Waals surface area contributed by atoms with Crippen LogP contribution < -0.4 is 10.2 Å². The number of amides is 2. The van der Waals surface area contributed by atoms with Crippen molar-refractivity contribution in [2.24, 2.45) is 4.99 Å². The molecular weight excluding hydrogens is 703 g/mol. The molecule has 0 radical (unpaired) electrons. The molecule has 1 aliphatic heterocycles. The molecule has 250 valence electrons. The Morgan fingerprint density at radius 1 is 0.804 bits per heavy atom. The fourth-order valence-corrected chi connectivity index (χ4v) is 7.23. The Balaban J connectivity index is 1.20. The third kappa shape index (κ3) is 7.13. The van der Waals surface area contributed by atoms with E-state index in [0.29, 0.717) is 59.9 Å². The summed E-state index contributed by atoms with van der Waals surface area (Å²) < 4.78 is 0. The summed E-state index contributed by atoms with van der Waals surface area (Å²) in [4.78, 5) is 50.9. The van der Waals surface area contributed by atoms with Crippen molar-refractivity contribution in [1.82, 2.24) is 4.98 Å². The number of halogens is 2. The highest BCUT2D eigenvalue weighted by molar-refractivity contribution is 8.15. The van der Waals surface area contributed by atoms with Crippen LogP contribution in [0.1, 0.15) is 26.7 Å². The molecule has 0 saturated carbocycles. The number of amidine groups is 1. The molecule has 7 rings (SSSR count). The van der Waals surface area contributed by atoms with Crippen molar-refractivity contribution in [3.05, 3.63) is 166 Å². The van der Waals surface area contributed by atoms with Crippen molar-refractivity contribution in [3.8, 4) is 11.3 Å². The van der Waals surface area contributed by atoms with Gasteiger partial charge in [0.25, 0.3) is 5.91 Å². The number of thioether (sulfide) groups is 1. The largest absolute Gasteiger partial charge is 0.478 e. The van der Waals surface area contributed by atoms with E-state index in [0.717, 1.165) is 11.8 Å². The fraction of sp³-hybridized carbons (Fsp3) is 0.0250. The Kier molecular flexibility index (Phi) is 9.68. The molecule has 1 atom stereocenters. The summed E-state index contributed by atoms with van der Waals surface area (Å²) in [6.45, 7) is 0. The van der Waals surface area contributed by atoms with Crippen molar-refractivity contribution in [2.75, 3.05) is 10.2 Å². The molecule has 1 aromatic heterocycles. The van der Waals surface area contributed by atoms with Gasteiger partial charge in [0.05, 0.1) is 22.5 Å². The van der Waals surface area contributed by atoms with Gasteiger partial charge >= 0.3 is 5.97 Å². The van der Waals surface area contributed by atoms with Crippen molar-refractivity contribution < 1.29 is 19.5 Å². The van der Waals surface area contributed by atoms with Crippen LogP contribution in [0.4, 0.5) is 11.4 Å². The summed E-state index contributed by atoms with van der Waals surface area (Å²) in [5.74, 6) is -1.78.